The summed E-state index contributed by atoms with van der Waals surface area (Å²) >= 11 is 0. The van der Waals surface area contributed by atoms with Gasteiger partial charge in [0.25, 0.3) is 0 Å². The van der Waals surface area contributed by atoms with E-state index >= 15 is 0 Å². The van der Waals surface area contributed by atoms with E-state index < -0.39 is 12.1 Å². The van der Waals surface area contributed by atoms with Gasteiger partial charge in [0.15, 0.2) is 0 Å². The van der Waals surface area contributed by atoms with Crippen molar-refractivity contribution < 1.29 is 19.1 Å². The van der Waals surface area contributed by atoms with Crippen LogP contribution in [-0.2, 0) is 20.9 Å². The second-order valence-corrected chi connectivity index (χ2v) is 12.5. The zero-order valence-electron chi connectivity index (χ0n) is 27.6. The highest BCUT2D eigenvalue weighted by Crippen LogP contribution is 2.28. The van der Waals surface area contributed by atoms with Gasteiger partial charge in [0.05, 0.1) is 43.5 Å². The number of nitrogens with zero attached hydrogens (tertiary/aromatic N) is 2. The third-order valence-corrected chi connectivity index (χ3v) is 7.66. The summed E-state index contributed by atoms with van der Waals surface area (Å²) in [7, 11) is 1.27. The van der Waals surface area contributed by atoms with Crippen LogP contribution in [-0.4, -0.2) is 51.0 Å². The van der Waals surface area contributed by atoms with Crippen LogP contribution >= 0.6 is 0 Å². The Bertz CT molecular complexity index is 1600. The normalized spacial score (nSPS) is 12.7. The Morgan fingerprint density at radius 1 is 0.739 bits per heavy atom. The number of aromatic nitrogens is 4. The maximum Gasteiger partial charge on any atom is 0.407 e. The summed E-state index contributed by atoms with van der Waals surface area (Å²) in [5.74, 6) is 1.30. The summed E-state index contributed by atoms with van der Waals surface area (Å²) in [6.07, 6.45) is 3.39. The average molecular weight is 628 g/mol. The Hall–Kier alpha value is -4.93. The van der Waals surface area contributed by atoms with Crippen LogP contribution < -0.4 is 16.0 Å². The predicted octanol–water partition coefficient (Wildman–Crippen LogP) is 5.99. The molecule has 11 nitrogen and oxygen atoms in total. The molecule has 0 aliphatic heterocycles. The van der Waals surface area contributed by atoms with Crippen molar-refractivity contribution in [2.45, 2.75) is 66.6 Å². The fourth-order valence-electron chi connectivity index (χ4n) is 5.06. The summed E-state index contributed by atoms with van der Waals surface area (Å²) in [6.45, 7) is 12.1. The number of alkyl carbamates (subject to hydrolysis) is 1. The van der Waals surface area contributed by atoms with E-state index in [2.05, 4.69) is 60.2 Å². The molecule has 46 heavy (non-hydrogen) atoms. The quantitative estimate of drug-likeness (QED) is 0.123. The van der Waals surface area contributed by atoms with Crippen LogP contribution in [0.4, 0.5) is 4.79 Å². The minimum atomic E-state index is -0.740. The van der Waals surface area contributed by atoms with Gasteiger partial charge in [0.1, 0.15) is 17.7 Å². The molecule has 5 N–H and O–H groups in total. The number of carbonyl (C=O) groups is 3. The van der Waals surface area contributed by atoms with Gasteiger partial charge in [-0.15, -0.1) is 0 Å². The van der Waals surface area contributed by atoms with Gasteiger partial charge in [-0.3, -0.25) is 9.59 Å². The molecule has 0 spiro atoms. The highest BCUT2D eigenvalue weighted by atomic mass is 16.5. The van der Waals surface area contributed by atoms with E-state index in [1.165, 1.54) is 7.11 Å². The van der Waals surface area contributed by atoms with Gasteiger partial charge in [-0.05, 0) is 40.0 Å². The SMILES string of the molecule is COC(=O)NC(C(=O)NC(c1ncc(-c2ccc(-c3ccc(-c4cnc(CNC(=O)CC(C)C)[nH]4)cc3)cc2)[nH]1)C(C)C)C(C)C. The van der Waals surface area contributed by atoms with Gasteiger partial charge in [-0.25, -0.2) is 14.8 Å². The van der Waals surface area contributed by atoms with E-state index in [0.29, 0.717) is 30.5 Å². The second-order valence-electron chi connectivity index (χ2n) is 12.5. The molecular weight excluding hydrogens is 582 g/mol. The maximum atomic E-state index is 13.1. The fourth-order valence-corrected chi connectivity index (χ4v) is 5.06. The number of hydrogen-bond acceptors (Lipinski definition) is 6. The molecule has 2 heterocycles. The van der Waals surface area contributed by atoms with Crippen molar-refractivity contribution in [1.29, 1.82) is 0 Å². The Kier molecular flexibility index (Phi) is 11.3. The van der Waals surface area contributed by atoms with E-state index in [-0.39, 0.29) is 29.7 Å². The smallest absolute Gasteiger partial charge is 0.407 e. The lowest BCUT2D eigenvalue weighted by atomic mass is 10.00. The highest BCUT2D eigenvalue weighted by molar-refractivity contribution is 5.86. The van der Waals surface area contributed by atoms with Crippen molar-refractivity contribution in [2.75, 3.05) is 7.11 Å². The summed E-state index contributed by atoms with van der Waals surface area (Å²) in [4.78, 5) is 52.5. The zero-order chi connectivity index (χ0) is 33.4. The van der Waals surface area contributed by atoms with Gasteiger partial charge >= 0.3 is 6.09 Å². The standard InChI is InChI=1S/C35H45N7O4/c1-20(2)16-30(43)37-19-29-36-17-27(39-29)25-12-8-23(9-13-25)24-10-14-26(15-11-24)28-18-38-33(40-28)31(21(3)4)41-34(44)32(22(5)6)42-35(45)46-7/h8-15,17-18,20-22,31-32H,16,19H2,1-7H3,(H,36,39)(H,37,43)(H,38,40)(H,41,44)(H,42,45). The van der Waals surface area contributed by atoms with Crippen molar-refractivity contribution >= 4 is 17.9 Å². The largest absolute Gasteiger partial charge is 0.453 e. The lowest BCUT2D eigenvalue weighted by Crippen LogP contribution is -2.51. The number of ether oxygens (including phenoxy) is 1. The van der Waals surface area contributed by atoms with Gasteiger partial charge < -0.3 is 30.7 Å². The Morgan fingerprint density at radius 3 is 1.80 bits per heavy atom. The number of hydrogen-bond donors (Lipinski definition) is 5. The number of carbonyl (C=O) groups excluding carboxylic acids is 3. The Labute approximate surface area is 270 Å². The molecule has 4 aromatic rings. The van der Waals surface area contributed by atoms with Crippen molar-refractivity contribution in [2.24, 2.45) is 17.8 Å². The summed E-state index contributed by atoms with van der Waals surface area (Å²) in [5, 5.41) is 8.57. The number of imidazole rings is 2. The zero-order valence-corrected chi connectivity index (χ0v) is 27.6. The number of rotatable bonds is 13. The van der Waals surface area contributed by atoms with Crippen LogP contribution in [0.2, 0.25) is 0 Å². The molecule has 11 heteroatoms. The topological polar surface area (TPSA) is 154 Å². The first-order chi connectivity index (χ1) is 21.9. The molecule has 2 aromatic heterocycles. The molecule has 244 valence electrons. The van der Waals surface area contributed by atoms with E-state index in [0.717, 1.165) is 33.6 Å². The lowest BCUT2D eigenvalue weighted by molar-refractivity contribution is -0.125. The number of amides is 3. The number of aromatic amines is 2. The Morgan fingerprint density at radius 2 is 1.28 bits per heavy atom. The van der Waals surface area contributed by atoms with Crippen molar-refractivity contribution in [3.63, 3.8) is 0 Å². The minimum Gasteiger partial charge on any atom is -0.453 e. The minimum absolute atomic E-state index is 0.0196. The molecule has 0 saturated carbocycles. The van der Waals surface area contributed by atoms with Crippen LogP contribution in [0, 0.1) is 17.8 Å². The first-order valence-corrected chi connectivity index (χ1v) is 15.7. The van der Waals surface area contributed by atoms with Gasteiger partial charge in [-0.2, -0.15) is 0 Å². The molecular formula is C35H45N7O4. The molecule has 2 aromatic carbocycles. The third kappa shape index (κ3) is 8.83. The van der Waals surface area contributed by atoms with Gasteiger partial charge in [0, 0.05) is 6.42 Å². The van der Waals surface area contributed by atoms with E-state index in [9.17, 15) is 14.4 Å². The third-order valence-electron chi connectivity index (χ3n) is 7.66. The van der Waals surface area contributed by atoms with Crippen LogP contribution in [0.15, 0.2) is 60.9 Å². The number of methoxy groups -OCH3 is 1. The molecule has 2 unspecified atom stereocenters. The lowest BCUT2D eigenvalue weighted by Gasteiger charge is -2.26. The monoisotopic (exact) mass is 627 g/mol. The van der Waals surface area contributed by atoms with Crippen LogP contribution in [0.3, 0.4) is 0 Å². The molecule has 0 aliphatic rings. The predicted molar refractivity (Wildman–Crippen MR) is 178 cm³/mol. The fraction of sp³-hybridized carbons (Fsp3) is 0.400. The van der Waals surface area contributed by atoms with Crippen molar-refractivity contribution in [3.8, 4) is 33.6 Å². The molecule has 3 amide bonds. The summed E-state index contributed by atoms with van der Waals surface area (Å²) in [6, 6.07) is 15.3. The van der Waals surface area contributed by atoms with Crippen LogP contribution in [0.5, 0.6) is 0 Å². The first kappa shape index (κ1) is 34.0. The highest BCUT2D eigenvalue weighted by Gasteiger charge is 2.29. The molecule has 0 bridgehead atoms. The number of H-pyrrole nitrogens is 2. The van der Waals surface area contributed by atoms with Crippen LogP contribution in [0.25, 0.3) is 33.6 Å². The molecule has 0 saturated heterocycles. The van der Waals surface area contributed by atoms with Crippen molar-refractivity contribution in [3.05, 3.63) is 72.6 Å². The van der Waals surface area contributed by atoms with Crippen molar-refractivity contribution in [1.82, 2.24) is 35.9 Å². The molecule has 0 radical (unpaired) electrons. The van der Waals surface area contributed by atoms with E-state index in [1.54, 1.807) is 12.4 Å². The first-order valence-electron chi connectivity index (χ1n) is 15.7. The molecule has 2 atom stereocenters. The number of nitrogens with one attached hydrogen (secondary N) is 5. The van der Waals surface area contributed by atoms with Gasteiger partial charge in [-0.1, -0.05) is 90.1 Å². The molecule has 0 aliphatic carbocycles. The molecule has 0 fully saturated rings. The van der Waals surface area contributed by atoms with E-state index in [4.69, 9.17) is 4.74 Å². The second kappa shape index (κ2) is 15.4. The number of benzene rings is 2. The maximum absolute atomic E-state index is 13.1. The Balaban J connectivity index is 1.41. The summed E-state index contributed by atoms with van der Waals surface area (Å²) < 4.78 is 4.69. The van der Waals surface area contributed by atoms with Crippen LogP contribution in [0.1, 0.15) is 65.7 Å². The summed E-state index contributed by atoms with van der Waals surface area (Å²) in [5.41, 5.74) is 5.83. The van der Waals surface area contributed by atoms with Gasteiger partial charge in [0.2, 0.25) is 11.8 Å². The van der Waals surface area contributed by atoms with E-state index in [1.807, 2.05) is 65.8 Å². The average Bonchev–Trinajstić information content (AvgIpc) is 3.71. The molecule has 4 rings (SSSR count).